The van der Waals surface area contributed by atoms with Crippen molar-refractivity contribution < 1.29 is 0 Å². The second-order valence-electron chi connectivity index (χ2n) is 12.6. The van der Waals surface area contributed by atoms with Crippen LogP contribution in [-0.2, 0) is 0 Å². The van der Waals surface area contributed by atoms with Crippen LogP contribution < -0.4 is 0 Å². The highest BCUT2D eigenvalue weighted by molar-refractivity contribution is 7.83. The van der Waals surface area contributed by atoms with E-state index in [1.807, 2.05) is 35.2 Å². The van der Waals surface area contributed by atoms with Crippen LogP contribution in [-0.4, -0.2) is 213 Å². The lowest BCUT2D eigenvalue weighted by Crippen LogP contribution is -2.32. The average Bonchev–Trinajstić information content (AvgIpc) is 2.85. The lowest BCUT2D eigenvalue weighted by atomic mass is 11.2. The van der Waals surface area contributed by atoms with Gasteiger partial charge in [-0.2, -0.15) is 18.1 Å². The summed E-state index contributed by atoms with van der Waals surface area (Å²) in [6.45, 7) is 0. The van der Waals surface area contributed by atoms with Crippen molar-refractivity contribution in [2.24, 2.45) is 22.8 Å². The fraction of sp³-hybridized carbons (Fsp3) is 1.00. The van der Waals surface area contributed by atoms with Crippen molar-refractivity contribution >= 4 is 37.5 Å². The van der Waals surface area contributed by atoms with Crippen molar-refractivity contribution in [3.63, 3.8) is 0 Å². The van der Waals surface area contributed by atoms with E-state index in [1.54, 1.807) is 0 Å². The molecule has 16 nitrogen and oxygen atoms in total. The van der Waals surface area contributed by atoms with E-state index in [2.05, 4.69) is 178 Å². The van der Waals surface area contributed by atoms with Crippen molar-refractivity contribution in [2.75, 3.05) is 162 Å². The summed E-state index contributed by atoms with van der Waals surface area (Å²) in [5.74, 6) is 0. The van der Waals surface area contributed by atoms with Gasteiger partial charge in [0.1, 0.15) is 0 Å². The van der Waals surface area contributed by atoms with E-state index in [-0.39, 0.29) is 0 Å². The molecule has 0 aromatic carbocycles. The minimum absolute atomic E-state index is 1.86. The molecule has 0 heterocycles. The first-order chi connectivity index (χ1) is 19.8. The van der Waals surface area contributed by atoms with Gasteiger partial charge in [0, 0.05) is 7.05 Å². The maximum atomic E-state index is 6.01. The first-order valence-electron chi connectivity index (χ1n) is 14.3. The van der Waals surface area contributed by atoms with E-state index in [0.29, 0.717) is 0 Å². The van der Waals surface area contributed by atoms with Crippen LogP contribution in [0.25, 0.3) is 0 Å². The second-order valence-corrected chi connectivity index (χ2v) is 30.0. The molecule has 0 aliphatic carbocycles. The molecular formula is C23H69N16P5. The lowest BCUT2D eigenvalue weighted by Gasteiger charge is -2.46. The fourth-order valence-electron chi connectivity index (χ4n) is 5.61. The third kappa shape index (κ3) is 8.46. The molecule has 44 heavy (non-hydrogen) atoms. The van der Waals surface area contributed by atoms with E-state index in [4.69, 9.17) is 22.8 Å². The van der Waals surface area contributed by atoms with Gasteiger partial charge in [0.2, 0.25) is 7.51 Å². The zero-order chi connectivity index (χ0) is 35.4. The van der Waals surface area contributed by atoms with Gasteiger partial charge in [-0.15, -0.1) is 0 Å². The van der Waals surface area contributed by atoms with Crippen LogP contribution in [0.5, 0.6) is 0 Å². The molecule has 0 radical (unpaired) electrons. The minimum Gasteiger partial charge on any atom is -0.258 e. The summed E-state index contributed by atoms with van der Waals surface area (Å²) >= 11 is 0. The largest absolute Gasteiger partial charge is 0.313 e. The van der Waals surface area contributed by atoms with E-state index in [9.17, 15) is 0 Å². The van der Waals surface area contributed by atoms with Gasteiger partial charge in [0.25, 0.3) is 0 Å². The number of rotatable bonds is 15. The topological polar surface area (TPSA) is 97.4 Å². The molecule has 0 unspecified atom stereocenters. The van der Waals surface area contributed by atoms with Gasteiger partial charge < -0.3 is 0 Å². The zero-order valence-corrected chi connectivity index (χ0v) is 36.9. The van der Waals surface area contributed by atoms with Crippen LogP contribution in [0.3, 0.4) is 0 Å². The molecule has 0 rings (SSSR count). The van der Waals surface area contributed by atoms with Gasteiger partial charge in [0.15, 0.2) is 22.5 Å². The standard InChI is InChI=1S/C23H69N16P5/c1-24-41(29(2)3,30(4)5)25-40(26-42(31(6)7,32(8)9)33(10)11,27-43(34(12)13,35(14)15)36(16)17)28-44(37(18)19,38(20)21)39(22)23/h1-23H3. The second kappa shape index (κ2) is 16.9. The highest BCUT2D eigenvalue weighted by Crippen LogP contribution is 2.81. The predicted octanol–water partition coefficient (Wildman–Crippen LogP) is 5.52. The summed E-state index contributed by atoms with van der Waals surface area (Å²) in [5.41, 5.74) is 0. The SMILES string of the molecule is CN=P(N=P(N=P(N(C)C)(N(C)C)N(C)C)(N=P(N(C)C)(N(C)C)N(C)C)N=P(N(C)C)(N(C)C)N(C)C)(N(C)C)N(C)C. The summed E-state index contributed by atoms with van der Waals surface area (Å²) in [5, 5.41) is 0. The highest BCUT2D eigenvalue weighted by atomic mass is 31.3. The maximum Gasteiger partial charge on any atom is 0.313 e. The monoisotopic (exact) mass is 724 g/mol. The van der Waals surface area contributed by atoms with Crippen molar-refractivity contribution in [3.05, 3.63) is 0 Å². The normalized spacial score (nSPS) is 14.7. The quantitative estimate of drug-likeness (QED) is 0.200. The third-order valence-electron chi connectivity index (χ3n) is 7.13. The van der Waals surface area contributed by atoms with E-state index in [1.165, 1.54) is 0 Å². The predicted molar refractivity (Wildman–Crippen MR) is 203 cm³/mol. The summed E-state index contributed by atoms with van der Waals surface area (Å²) in [6.07, 6.45) is 0. The highest BCUT2D eigenvalue weighted by Gasteiger charge is 2.43. The van der Waals surface area contributed by atoms with E-state index >= 15 is 0 Å². The molecule has 0 N–H and O–H groups in total. The molecule has 0 atom stereocenters. The first-order valence-corrected chi connectivity index (χ1v) is 22.3. The molecule has 0 aromatic rings. The van der Waals surface area contributed by atoms with Crippen LogP contribution in [0, 0.1) is 0 Å². The molecule has 0 spiro atoms. The molecule has 0 saturated carbocycles. The van der Waals surface area contributed by atoms with E-state index < -0.39 is 37.5 Å². The summed E-state index contributed by atoms with van der Waals surface area (Å²) in [7, 11) is 33.8. The molecule has 0 aliphatic rings. The Morgan fingerprint density at radius 2 is 0.455 bits per heavy atom. The van der Waals surface area contributed by atoms with Crippen LogP contribution in [0.2, 0.25) is 0 Å². The fourth-order valence-corrected chi connectivity index (χ4v) is 28.8. The van der Waals surface area contributed by atoms with Crippen molar-refractivity contribution in [3.8, 4) is 0 Å². The summed E-state index contributed by atoms with van der Waals surface area (Å²) in [4.78, 5) is 0. The minimum atomic E-state index is -3.45. The Balaban J connectivity index is 10.2. The van der Waals surface area contributed by atoms with Crippen LogP contribution in [0.1, 0.15) is 0 Å². The average molecular weight is 725 g/mol. The molecule has 0 aliphatic heterocycles. The van der Waals surface area contributed by atoms with Crippen LogP contribution >= 0.6 is 37.5 Å². The molecular weight excluding hydrogens is 655 g/mol. The summed E-state index contributed by atoms with van der Waals surface area (Å²) < 4.78 is 53.2. The molecule has 0 amide bonds. The third-order valence-corrected chi connectivity index (χ3v) is 27.2. The Morgan fingerprint density at radius 1 is 0.273 bits per heavy atom. The van der Waals surface area contributed by atoms with Gasteiger partial charge in [-0.25, -0.2) is 9.34 Å². The van der Waals surface area contributed by atoms with Crippen LogP contribution in [0.15, 0.2) is 22.8 Å². The van der Waals surface area contributed by atoms with Gasteiger partial charge in [-0.3, -0.25) is 46.8 Å². The van der Waals surface area contributed by atoms with Gasteiger partial charge in [-0.1, -0.05) is 0 Å². The Morgan fingerprint density at radius 3 is 0.568 bits per heavy atom. The first kappa shape index (κ1) is 44.7. The molecule has 0 saturated heterocycles. The number of hydrogen-bond acceptors (Lipinski definition) is 1. The molecule has 21 heteroatoms. The number of hydrogen-bond donors (Lipinski definition) is 0. The Bertz CT molecular complexity index is 1000. The lowest BCUT2D eigenvalue weighted by molar-refractivity contribution is 0.472. The molecule has 0 fully saturated rings. The molecule has 266 valence electrons. The van der Waals surface area contributed by atoms with Crippen LogP contribution in [0.4, 0.5) is 0 Å². The van der Waals surface area contributed by atoms with Gasteiger partial charge in [-0.05, 0) is 155 Å². The molecule has 0 aromatic heterocycles. The van der Waals surface area contributed by atoms with Gasteiger partial charge >= 0.3 is 7.51 Å². The van der Waals surface area contributed by atoms with Crippen molar-refractivity contribution in [1.29, 1.82) is 0 Å². The smallest absolute Gasteiger partial charge is 0.258 e. The Labute approximate surface area is 273 Å². The number of nitrogens with zero attached hydrogens (tertiary/aromatic N) is 16. The maximum absolute atomic E-state index is 6.01. The van der Waals surface area contributed by atoms with E-state index in [0.717, 1.165) is 0 Å². The summed E-state index contributed by atoms with van der Waals surface area (Å²) in [6, 6.07) is 0. The Kier molecular flexibility index (Phi) is 17.2. The van der Waals surface area contributed by atoms with Crippen molar-refractivity contribution in [2.45, 2.75) is 0 Å². The van der Waals surface area contributed by atoms with Crippen molar-refractivity contribution in [1.82, 2.24) is 51.4 Å². The molecule has 0 bridgehead atoms. The van der Waals surface area contributed by atoms with Gasteiger partial charge in [0.05, 0.1) is 0 Å². The Hall–Kier alpha value is 0.710. The zero-order valence-electron chi connectivity index (χ0n) is 32.4.